The summed E-state index contributed by atoms with van der Waals surface area (Å²) in [5, 5.41) is 19.8. The molecule has 4 heteroatoms. The highest BCUT2D eigenvalue weighted by Gasteiger charge is 2.15. The zero-order valence-electron chi connectivity index (χ0n) is 21.9. The van der Waals surface area contributed by atoms with E-state index in [2.05, 4.69) is 26.0 Å². The molecule has 0 aliphatic rings. The van der Waals surface area contributed by atoms with E-state index in [0.29, 0.717) is 35.2 Å². The predicted molar refractivity (Wildman–Crippen MR) is 152 cm³/mol. The zero-order valence-corrected chi connectivity index (χ0v) is 21.9. The SMILES string of the molecule is CCCCC(CC)COc1cc(/C=C(\C#N)c2ccccc2)c(OC)cc1/C=C(\C#N)c1ccccc1. The Labute approximate surface area is 221 Å². The molecular weight excluding hydrogens is 456 g/mol. The molecule has 0 spiro atoms. The van der Waals surface area contributed by atoms with Gasteiger partial charge in [-0.2, -0.15) is 10.5 Å². The van der Waals surface area contributed by atoms with Gasteiger partial charge in [-0.1, -0.05) is 93.8 Å². The molecule has 0 N–H and O–H groups in total. The second kappa shape index (κ2) is 14.3. The summed E-state index contributed by atoms with van der Waals surface area (Å²) in [5.74, 6) is 1.71. The van der Waals surface area contributed by atoms with Crippen molar-refractivity contribution in [1.29, 1.82) is 10.5 Å². The van der Waals surface area contributed by atoms with Crippen LogP contribution in [0.5, 0.6) is 11.5 Å². The third-order valence-corrected chi connectivity index (χ3v) is 6.39. The van der Waals surface area contributed by atoms with Crippen LogP contribution in [-0.2, 0) is 0 Å². The minimum atomic E-state index is 0.446. The van der Waals surface area contributed by atoms with Gasteiger partial charge in [0.05, 0.1) is 37.0 Å². The number of methoxy groups -OCH3 is 1. The van der Waals surface area contributed by atoms with Crippen LogP contribution in [0.1, 0.15) is 61.8 Å². The summed E-state index contributed by atoms with van der Waals surface area (Å²) >= 11 is 0. The number of nitriles is 2. The van der Waals surface area contributed by atoms with Crippen molar-refractivity contribution >= 4 is 23.3 Å². The standard InChI is InChI=1S/C33H34N2O2/c1-4-6-13-25(5-2)24-37-33-21-28(18-30(22-34)26-14-9-7-10-15-26)32(36-3)20-29(33)19-31(23-35)27-16-11-8-12-17-27/h7-12,14-21,25H,4-6,13,24H2,1-3H3/b30-18+,31-19+. The van der Waals surface area contributed by atoms with Gasteiger partial charge in [0.2, 0.25) is 0 Å². The first-order valence-corrected chi connectivity index (χ1v) is 12.8. The normalized spacial score (nSPS) is 12.4. The summed E-state index contributed by atoms with van der Waals surface area (Å²) in [6.45, 7) is 4.98. The number of allylic oxidation sites excluding steroid dienone is 2. The van der Waals surface area contributed by atoms with Gasteiger partial charge in [0.1, 0.15) is 11.5 Å². The molecule has 0 saturated carbocycles. The van der Waals surface area contributed by atoms with E-state index >= 15 is 0 Å². The second-order valence-electron chi connectivity index (χ2n) is 8.93. The number of rotatable bonds is 12. The van der Waals surface area contributed by atoms with Crippen LogP contribution in [0.15, 0.2) is 72.8 Å². The zero-order chi connectivity index (χ0) is 26.5. The molecule has 1 atom stereocenters. The predicted octanol–water partition coefficient (Wildman–Crippen LogP) is 8.42. The third kappa shape index (κ3) is 7.60. The summed E-state index contributed by atoms with van der Waals surface area (Å²) in [4.78, 5) is 0. The molecule has 4 nitrogen and oxygen atoms in total. The smallest absolute Gasteiger partial charge is 0.127 e. The van der Waals surface area contributed by atoms with E-state index in [4.69, 9.17) is 9.47 Å². The van der Waals surface area contributed by atoms with Gasteiger partial charge in [0.15, 0.2) is 0 Å². The molecule has 0 bridgehead atoms. The van der Waals surface area contributed by atoms with Crippen molar-refractivity contribution in [3.05, 3.63) is 95.1 Å². The Hall–Kier alpha value is -4.28. The van der Waals surface area contributed by atoms with Gasteiger partial charge in [-0.3, -0.25) is 0 Å². The summed E-state index contributed by atoms with van der Waals surface area (Å²) < 4.78 is 12.1. The van der Waals surface area contributed by atoms with Crippen molar-refractivity contribution in [2.75, 3.05) is 13.7 Å². The minimum absolute atomic E-state index is 0.446. The molecule has 3 aromatic carbocycles. The highest BCUT2D eigenvalue weighted by molar-refractivity contribution is 5.93. The highest BCUT2D eigenvalue weighted by Crippen LogP contribution is 2.35. The lowest BCUT2D eigenvalue weighted by molar-refractivity contribution is 0.232. The average molecular weight is 491 g/mol. The van der Waals surface area contributed by atoms with E-state index in [1.165, 1.54) is 6.42 Å². The van der Waals surface area contributed by atoms with Gasteiger partial charge in [-0.05, 0) is 47.8 Å². The van der Waals surface area contributed by atoms with Gasteiger partial charge in [0.25, 0.3) is 0 Å². The summed E-state index contributed by atoms with van der Waals surface area (Å²) in [7, 11) is 1.61. The molecule has 0 saturated heterocycles. The van der Waals surface area contributed by atoms with E-state index in [0.717, 1.165) is 41.5 Å². The first-order valence-electron chi connectivity index (χ1n) is 12.8. The molecule has 0 amide bonds. The molecule has 188 valence electrons. The molecule has 3 rings (SSSR count). The average Bonchev–Trinajstić information content (AvgIpc) is 2.96. The number of hydrogen-bond acceptors (Lipinski definition) is 4. The highest BCUT2D eigenvalue weighted by atomic mass is 16.5. The van der Waals surface area contributed by atoms with Crippen molar-refractivity contribution in [1.82, 2.24) is 0 Å². The van der Waals surface area contributed by atoms with E-state index in [9.17, 15) is 10.5 Å². The quantitative estimate of drug-likeness (QED) is 0.189. The van der Waals surface area contributed by atoms with Crippen molar-refractivity contribution in [2.24, 2.45) is 5.92 Å². The molecule has 0 radical (unpaired) electrons. The number of nitrogens with zero attached hydrogens (tertiary/aromatic N) is 2. The second-order valence-corrected chi connectivity index (χ2v) is 8.93. The molecule has 1 unspecified atom stereocenters. The van der Waals surface area contributed by atoms with Crippen molar-refractivity contribution < 1.29 is 9.47 Å². The molecule has 0 aliphatic carbocycles. The van der Waals surface area contributed by atoms with E-state index in [1.54, 1.807) is 7.11 Å². The minimum Gasteiger partial charge on any atom is -0.496 e. The van der Waals surface area contributed by atoms with Crippen LogP contribution in [-0.4, -0.2) is 13.7 Å². The van der Waals surface area contributed by atoms with E-state index in [-0.39, 0.29) is 0 Å². The molecular formula is C33H34N2O2. The van der Waals surface area contributed by atoms with Gasteiger partial charge in [0, 0.05) is 11.1 Å². The molecule has 0 heterocycles. The first-order chi connectivity index (χ1) is 18.1. The molecule has 0 fully saturated rings. The monoisotopic (exact) mass is 490 g/mol. The van der Waals surface area contributed by atoms with E-state index in [1.807, 2.05) is 84.9 Å². The van der Waals surface area contributed by atoms with Crippen LogP contribution in [0.2, 0.25) is 0 Å². The Morgan fingerprint density at radius 2 is 1.32 bits per heavy atom. The lowest BCUT2D eigenvalue weighted by Gasteiger charge is -2.18. The number of ether oxygens (including phenoxy) is 2. The Morgan fingerprint density at radius 1 is 0.811 bits per heavy atom. The topological polar surface area (TPSA) is 66.0 Å². The van der Waals surface area contributed by atoms with Crippen LogP contribution in [0, 0.1) is 28.6 Å². The maximum Gasteiger partial charge on any atom is 0.127 e. The van der Waals surface area contributed by atoms with Gasteiger partial charge in [-0.15, -0.1) is 0 Å². The summed E-state index contributed by atoms with van der Waals surface area (Å²) in [6, 6.07) is 27.6. The lowest BCUT2D eigenvalue weighted by Crippen LogP contribution is -2.12. The number of benzene rings is 3. The molecule has 3 aromatic rings. The fraction of sp³-hybridized carbons (Fsp3) is 0.273. The summed E-state index contributed by atoms with van der Waals surface area (Å²) in [6.07, 6.45) is 8.14. The maximum atomic E-state index is 9.91. The first kappa shape index (κ1) is 27.3. The van der Waals surface area contributed by atoms with Crippen molar-refractivity contribution in [2.45, 2.75) is 39.5 Å². The van der Waals surface area contributed by atoms with Gasteiger partial charge < -0.3 is 9.47 Å². The summed E-state index contributed by atoms with van der Waals surface area (Å²) in [5.41, 5.74) is 4.25. The van der Waals surface area contributed by atoms with Crippen LogP contribution in [0.3, 0.4) is 0 Å². The van der Waals surface area contributed by atoms with Crippen LogP contribution < -0.4 is 9.47 Å². The van der Waals surface area contributed by atoms with E-state index < -0.39 is 0 Å². The fourth-order valence-electron chi connectivity index (χ4n) is 4.13. The lowest BCUT2D eigenvalue weighted by atomic mass is 9.99. The van der Waals surface area contributed by atoms with Crippen LogP contribution in [0.25, 0.3) is 23.3 Å². The van der Waals surface area contributed by atoms with Crippen LogP contribution in [0.4, 0.5) is 0 Å². The molecule has 0 aromatic heterocycles. The number of hydrogen-bond donors (Lipinski definition) is 0. The Morgan fingerprint density at radius 3 is 1.78 bits per heavy atom. The Balaban J connectivity index is 2.11. The van der Waals surface area contributed by atoms with Gasteiger partial charge >= 0.3 is 0 Å². The third-order valence-electron chi connectivity index (χ3n) is 6.39. The van der Waals surface area contributed by atoms with Crippen LogP contribution >= 0.6 is 0 Å². The Bertz CT molecular complexity index is 1300. The Kier molecular flexibility index (Phi) is 10.6. The fourth-order valence-corrected chi connectivity index (χ4v) is 4.13. The molecule has 37 heavy (non-hydrogen) atoms. The largest absolute Gasteiger partial charge is 0.496 e. The number of unbranched alkanes of at least 4 members (excludes halogenated alkanes) is 1. The maximum absolute atomic E-state index is 9.91. The molecule has 0 aliphatic heterocycles. The van der Waals surface area contributed by atoms with Crippen molar-refractivity contribution in [3.8, 4) is 23.6 Å². The van der Waals surface area contributed by atoms with Crippen molar-refractivity contribution in [3.63, 3.8) is 0 Å². The van der Waals surface area contributed by atoms with Gasteiger partial charge in [-0.25, -0.2) is 0 Å².